The van der Waals surface area contributed by atoms with Crippen LogP contribution in [0.15, 0.2) is 152 Å². The topological polar surface area (TPSA) is 30.7 Å². The average Bonchev–Trinajstić information content (AvgIpc) is 3.79. The Morgan fingerprint density at radius 3 is 2.10 bits per heavy atom. The molecule has 9 aromatic rings. The highest BCUT2D eigenvalue weighted by Crippen LogP contribution is 2.51. The Morgan fingerprint density at radius 1 is 0.479 bits per heavy atom. The third kappa shape index (κ3) is 3.53. The number of nitrogens with zero attached hydrogens (tertiary/aromatic N) is 3. The predicted octanol–water partition coefficient (Wildman–Crippen LogP) is 11.0. The number of hydrogen-bond donors (Lipinski definition) is 0. The summed E-state index contributed by atoms with van der Waals surface area (Å²) >= 11 is 0. The first-order chi connectivity index (χ1) is 23.8. The fourth-order valence-electron chi connectivity index (χ4n) is 8.27. The van der Waals surface area contributed by atoms with Gasteiger partial charge in [0, 0.05) is 21.7 Å². The molecule has 48 heavy (non-hydrogen) atoms. The summed E-state index contributed by atoms with van der Waals surface area (Å²) in [5, 5.41) is 6.16. The van der Waals surface area contributed by atoms with E-state index in [9.17, 15) is 0 Å². The maximum absolute atomic E-state index is 5.24. The number of benzene rings is 7. The third-order valence-electron chi connectivity index (χ3n) is 10.4. The van der Waals surface area contributed by atoms with Crippen molar-refractivity contribution in [3.05, 3.63) is 174 Å². The summed E-state index contributed by atoms with van der Waals surface area (Å²) in [6.07, 6.45) is 0.988. The maximum atomic E-state index is 5.24. The van der Waals surface area contributed by atoms with Gasteiger partial charge in [0.15, 0.2) is 0 Å². The van der Waals surface area contributed by atoms with Gasteiger partial charge in [-0.05, 0) is 92.1 Å². The molecule has 0 aliphatic heterocycles. The minimum Gasteiger partial charge on any atom is -0.278 e. The van der Waals surface area contributed by atoms with Gasteiger partial charge in [0.05, 0.1) is 22.2 Å². The molecule has 3 nitrogen and oxygen atoms in total. The van der Waals surface area contributed by atoms with Crippen LogP contribution in [0.5, 0.6) is 0 Å². The lowest BCUT2D eigenvalue weighted by Crippen LogP contribution is -2.03. The number of hydrogen-bond acceptors (Lipinski definition) is 2. The van der Waals surface area contributed by atoms with Gasteiger partial charge in [0.1, 0.15) is 0 Å². The van der Waals surface area contributed by atoms with E-state index in [0.29, 0.717) is 5.95 Å². The van der Waals surface area contributed by atoms with Crippen LogP contribution in [0.3, 0.4) is 0 Å². The van der Waals surface area contributed by atoms with Crippen molar-refractivity contribution >= 4 is 54.6 Å². The fraction of sp³-hybridized carbons (Fsp3) is 0.0222. The van der Waals surface area contributed by atoms with E-state index in [1.54, 1.807) is 0 Å². The zero-order valence-electron chi connectivity index (χ0n) is 26.0. The Balaban J connectivity index is 1.09. The second kappa shape index (κ2) is 9.60. The summed E-state index contributed by atoms with van der Waals surface area (Å²) in [7, 11) is 0. The van der Waals surface area contributed by atoms with Gasteiger partial charge in [0.2, 0.25) is 5.95 Å². The van der Waals surface area contributed by atoms with Gasteiger partial charge in [-0.15, -0.1) is 0 Å². The summed E-state index contributed by atoms with van der Waals surface area (Å²) in [6, 6.07) is 54.7. The van der Waals surface area contributed by atoms with Crippen LogP contribution >= 0.6 is 0 Å². The zero-order valence-corrected chi connectivity index (χ0v) is 26.0. The molecule has 0 amide bonds. The van der Waals surface area contributed by atoms with Crippen LogP contribution in [-0.2, 0) is 6.42 Å². The minimum absolute atomic E-state index is 0.679. The van der Waals surface area contributed by atoms with E-state index in [4.69, 9.17) is 9.97 Å². The van der Waals surface area contributed by atoms with Crippen molar-refractivity contribution < 1.29 is 0 Å². The summed E-state index contributed by atoms with van der Waals surface area (Å²) < 4.78 is 2.23. The van der Waals surface area contributed by atoms with E-state index >= 15 is 0 Å². The SMILES string of the molecule is c1ccc(-c2nc(-n3c4ccccc4c4cc(-c5ccc6c(c5)C5=C(C6)c6cccc7cccc5c67)ccc43)nc3ccccc23)cc1. The molecule has 0 fully saturated rings. The number of allylic oxidation sites excluding steroid dienone is 1. The monoisotopic (exact) mass is 609 g/mol. The second-order valence-corrected chi connectivity index (χ2v) is 13.0. The van der Waals surface area contributed by atoms with Crippen LogP contribution in [0.2, 0.25) is 0 Å². The normalized spacial score (nSPS) is 13.2. The second-order valence-electron chi connectivity index (χ2n) is 13.0. The van der Waals surface area contributed by atoms with Gasteiger partial charge in [-0.1, -0.05) is 121 Å². The first-order valence-electron chi connectivity index (χ1n) is 16.6. The van der Waals surface area contributed by atoms with Crippen molar-refractivity contribution in [3.63, 3.8) is 0 Å². The average molecular weight is 610 g/mol. The van der Waals surface area contributed by atoms with Crippen molar-refractivity contribution in [3.8, 4) is 28.3 Å². The van der Waals surface area contributed by atoms with Gasteiger partial charge in [-0.3, -0.25) is 4.57 Å². The largest absolute Gasteiger partial charge is 0.278 e. The molecule has 222 valence electrons. The van der Waals surface area contributed by atoms with Crippen LogP contribution in [0.25, 0.3) is 83.0 Å². The van der Waals surface area contributed by atoms with Crippen molar-refractivity contribution in [1.29, 1.82) is 0 Å². The molecule has 0 radical (unpaired) electrons. The van der Waals surface area contributed by atoms with Crippen molar-refractivity contribution in [2.45, 2.75) is 6.42 Å². The molecule has 2 aromatic heterocycles. The molecule has 2 aliphatic carbocycles. The molecule has 0 unspecified atom stereocenters. The van der Waals surface area contributed by atoms with E-state index < -0.39 is 0 Å². The highest BCUT2D eigenvalue weighted by molar-refractivity contribution is 6.20. The molecule has 0 saturated carbocycles. The lowest BCUT2D eigenvalue weighted by atomic mass is 9.93. The minimum atomic E-state index is 0.679. The Morgan fingerprint density at radius 2 is 1.21 bits per heavy atom. The van der Waals surface area contributed by atoms with E-state index in [-0.39, 0.29) is 0 Å². The first kappa shape index (κ1) is 25.8. The van der Waals surface area contributed by atoms with Crippen molar-refractivity contribution in [2.24, 2.45) is 0 Å². The molecule has 3 heteroatoms. The molecule has 0 bridgehead atoms. The molecule has 7 aromatic carbocycles. The van der Waals surface area contributed by atoms with Gasteiger partial charge in [0.25, 0.3) is 0 Å². The van der Waals surface area contributed by atoms with E-state index in [0.717, 1.165) is 39.6 Å². The van der Waals surface area contributed by atoms with Crippen molar-refractivity contribution in [1.82, 2.24) is 14.5 Å². The number of fused-ring (bicyclic) bond motifs is 8. The molecule has 0 spiro atoms. The highest BCUT2D eigenvalue weighted by Gasteiger charge is 2.31. The van der Waals surface area contributed by atoms with Gasteiger partial charge in [-0.25, -0.2) is 9.97 Å². The number of rotatable bonds is 3. The maximum Gasteiger partial charge on any atom is 0.235 e. The molecular formula is C45H27N3. The standard InChI is InChI=1S/C45H27N3/c1-2-10-28(11-3-1)44-34-15-4-6-18-39(34)46-45(47-44)48-40-19-7-5-14-32(40)37-25-30(22-23-41(37)48)29-20-21-31-26-38-33-16-8-12-27-13-9-17-35(42(27)33)43(38)36(31)24-29/h1-25H,26H2. The third-order valence-corrected chi connectivity index (χ3v) is 10.4. The summed E-state index contributed by atoms with van der Waals surface area (Å²) in [6.45, 7) is 0. The highest BCUT2D eigenvalue weighted by atomic mass is 15.2. The lowest BCUT2D eigenvalue weighted by molar-refractivity contribution is 1.01. The Labute approximate surface area is 277 Å². The Kier molecular flexibility index (Phi) is 5.17. The predicted molar refractivity (Wildman–Crippen MR) is 198 cm³/mol. The van der Waals surface area contributed by atoms with Crippen LogP contribution in [0.4, 0.5) is 0 Å². The van der Waals surface area contributed by atoms with E-state index in [1.165, 1.54) is 66.1 Å². The first-order valence-corrected chi connectivity index (χ1v) is 16.6. The summed E-state index contributed by atoms with van der Waals surface area (Å²) in [5.74, 6) is 0.679. The summed E-state index contributed by atoms with van der Waals surface area (Å²) in [5.41, 5.74) is 16.0. The quantitative estimate of drug-likeness (QED) is 0.200. The van der Waals surface area contributed by atoms with Crippen LogP contribution in [0.1, 0.15) is 22.3 Å². The Hall–Kier alpha value is -6.32. The van der Waals surface area contributed by atoms with Crippen LogP contribution in [-0.4, -0.2) is 14.5 Å². The molecular weight excluding hydrogens is 583 g/mol. The fourth-order valence-corrected chi connectivity index (χ4v) is 8.27. The van der Waals surface area contributed by atoms with Crippen LogP contribution in [0, 0.1) is 0 Å². The molecule has 2 heterocycles. The molecule has 11 rings (SSSR count). The number of para-hydroxylation sites is 2. The molecule has 0 atom stereocenters. The van der Waals surface area contributed by atoms with Gasteiger partial charge in [-0.2, -0.15) is 0 Å². The van der Waals surface area contributed by atoms with E-state index in [2.05, 4.69) is 144 Å². The summed E-state index contributed by atoms with van der Waals surface area (Å²) in [4.78, 5) is 10.4. The lowest BCUT2D eigenvalue weighted by Gasteiger charge is -2.12. The molecule has 0 N–H and O–H groups in total. The molecule has 0 saturated heterocycles. The van der Waals surface area contributed by atoms with E-state index in [1.807, 2.05) is 12.1 Å². The van der Waals surface area contributed by atoms with Gasteiger partial charge >= 0.3 is 0 Å². The molecule has 2 aliphatic rings. The zero-order chi connectivity index (χ0) is 31.3. The van der Waals surface area contributed by atoms with Crippen LogP contribution < -0.4 is 0 Å². The smallest absolute Gasteiger partial charge is 0.235 e. The number of aromatic nitrogens is 3. The Bertz CT molecular complexity index is 2850. The van der Waals surface area contributed by atoms with Crippen molar-refractivity contribution in [2.75, 3.05) is 0 Å². The van der Waals surface area contributed by atoms with Gasteiger partial charge < -0.3 is 0 Å².